The molecule has 2 atom stereocenters. The number of carbonyl (C=O) groups is 1. The quantitative estimate of drug-likeness (QED) is 0.481. The summed E-state index contributed by atoms with van der Waals surface area (Å²) in [4.78, 5) is 35.1. The predicted molar refractivity (Wildman–Crippen MR) is 150 cm³/mol. The highest BCUT2D eigenvalue weighted by Gasteiger charge is 2.33. The number of anilines is 2. The van der Waals surface area contributed by atoms with E-state index < -0.39 is 0 Å². The molecule has 39 heavy (non-hydrogen) atoms. The topological polar surface area (TPSA) is 102 Å². The number of pyridine rings is 1. The first-order chi connectivity index (χ1) is 18.9. The number of carbonyl (C=O) groups excluding carboxylic acids is 1. The minimum Gasteiger partial charge on any atom is -0.462 e. The molecule has 0 N–H and O–H groups in total. The van der Waals surface area contributed by atoms with Crippen molar-refractivity contribution in [1.82, 2.24) is 24.8 Å². The van der Waals surface area contributed by atoms with Crippen molar-refractivity contribution in [3.05, 3.63) is 46.9 Å². The monoisotopic (exact) mass is 550 g/mol. The number of ether oxygens (including phenoxy) is 1. The van der Waals surface area contributed by atoms with Crippen LogP contribution in [0, 0.1) is 18.3 Å². The number of halogens is 1. The first-order valence-corrected chi connectivity index (χ1v) is 13.9. The maximum absolute atomic E-state index is 12.5. The molecule has 0 bridgehead atoms. The SMILES string of the molecule is C=CC(=O)N1CCN(c2nc(OCC3CCCN3C)nc3c2CCN(c2cncc(Cl)c2C)C3)CC1CC#N. The minimum atomic E-state index is -0.239. The van der Waals surface area contributed by atoms with Crippen LogP contribution in [0.5, 0.6) is 6.01 Å². The van der Waals surface area contributed by atoms with Crippen LogP contribution in [0.15, 0.2) is 25.0 Å². The van der Waals surface area contributed by atoms with Crippen molar-refractivity contribution in [3.63, 3.8) is 0 Å². The summed E-state index contributed by atoms with van der Waals surface area (Å²) in [5.41, 5.74) is 3.99. The average Bonchev–Trinajstić information content (AvgIpc) is 3.36. The van der Waals surface area contributed by atoms with Gasteiger partial charge in [-0.2, -0.15) is 15.2 Å². The molecule has 0 radical (unpaired) electrons. The summed E-state index contributed by atoms with van der Waals surface area (Å²) >= 11 is 6.38. The van der Waals surface area contributed by atoms with Gasteiger partial charge in [0.2, 0.25) is 5.91 Å². The highest BCUT2D eigenvalue weighted by atomic mass is 35.5. The number of nitriles is 1. The Morgan fingerprint density at radius 2 is 2.08 bits per heavy atom. The van der Waals surface area contributed by atoms with Gasteiger partial charge in [-0.25, -0.2) is 0 Å². The van der Waals surface area contributed by atoms with Gasteiger partial charge < -0.3 is 24.3 Å². The zero-order valence-corrected chi connectivity index (χ0v) is 23.4. The second-order valence-electron chi connectivity index (χ2n) is 10.5. The molecule has 206 valence electrons. The molecule has 0 aliphatic carbocycles. The van der Waals surface area contributed by atoms with Crippen LogP contribution in [0.3, 0.4) is 0 Å². The van der Waals surface area contributed by atoms with E-state index in [0.717, 1.165) is 60.7 Å². The van der Waals surface area contributed by atoms with E-state index in [0.29, 0.717) is 49.9 Å². The summed E-state index contributed by atoms with van der Waals surface area (Å²) in [5, 5.41) is 10.1. The second kappa shape index (κ2) is 11.8. The molecule has 1 amide bonds. The van der Waals surface area contributed by atoms with Crippen molar-refractivity contribution < 1.29 is 9.53 Å². The summed E-state index contributed by atoms with van der Waals surface area (Å²) in [7, 11) is 2.12. The molecule has 2 unspecified atom stereocenters. The number of likely N-dealkylation sites (tertiary alicyclic amines) is 1. The molecule has 10 nitrogen and oxygen atoms in total. The van der Waals surface area contributed by atoms with Gasteiger partial charge in [0.15, 0.2) is 0 Å². The average molecular weight is 551 g/mol. The van der Waals surface area contributed by atoms with E-state index >= 15 is 0 Å². The van der Waals surface area contributed by atoms with Gasteiger partial charge in [0, 0.05) is 44.0 Å². The number of hydrogen-bond donors (Lipinski definition) is 0. The summed E-state index contributed by atoms with van der Waals surface area (Å²) < 4.78 is 6.22. The standard InChI is InChI=1S/C28H35ClN8O2/c1-4-26(38)37-13-12-36(16-20(37)7-9-30)27-22-8-11-35(25-15-31-14-23(29)19(25)2)17-24(22)32-28(33-27)39-18-21-6-5-10-34(21)3/h4,14-15,20-21H,1,5-8,10-13,16-18H2,2-3H3. The largest absolute Gasteiger partial charge is 0.462 e. The van der Waals surface area contributed by atoms with Gasteiger partial charge in [0.05, 0.1) is 47.7 Å². The Kier molecular flexibility index (Phi) is 8.19. The molecule has 2 aromatic rings. The molecule has 2 fully saturated rings. The summed E-state index contributed by atoms with van der Waals surface area (Å²) in [5.74, 6) is 0.689. The molecular formula is C28H35ClN8O2. The lowest BCUT2D eigenvalue weighted by Gasteiger charge is -2.42. The third kappa shape index (κ3) is 5.65. The number of nitrogens with zero attached hydrogens (tertiary/aromatic N) is 8. The molecule has 5 heterocycles. The van der Waals surface area contributed by atoms with E-state index in [-0.39, 0.29) is 18.4 Å². The van der Waals surface area contributed by atoms with Gasteiger partial charge in [0.1, 0.15) is 12.4 Å². The van der Waals surface area contributed by atoms with Crippen molar-refractivity contribution >= 4 is 29.0 Å². The van der Waals surface area contributed by atoms with Crippen molar-refractivity contribution in [2.75, 3.05) is 56.2 Å². The smallest absolute Gasteiger partial charge is 0.318 e. The minimum absolute atomic E-state index is 0.148. The molecule has 3 aliphatic heterocycles. The Morgan fingerprint density at radius 1 is 1.23 bits per heavy atom. The third-order valence-corrected chi connectivity index (χ3v) is 8.51. The van der Waals surface area contributed by atoms with Crippen molar-refractivity contribution in [2.24, 2.45) is 0 Å². The lowest BCUT2D eigenvalue weighted by atomic mass is 10.0. The summed E-state index contributed by atoms with van der Waals surface area (Å²) in [6, 6.07) is 2.72. The number of piperazine rings is 1. The number of fused-ring (bicyclic) bond motifs is 1. The lowest BCUT2D eigenvalue weighted by molar-refractivity contribution is -0.128. The molecule has 0 aromatic carbocycles. The van der Waals surface area contributed by atoms with Crippen LogP contribution in [0.1, 0.15) is 36.1 Å². The fourth-order valence-corrected chi connectivity index (χ4v) is 5.98. The van der Waals surface area contributed by atoms with Crippen LogP contribution < -0.4 is 14.5 Å². The number of likely N-dealkylation sites (N-methyl/N-ethyl adjacent to an activating group) is 1. The Labute approximate surface area is 234 Å². The summed E-state index contributed by atoms with van der Waals surface area (Å²) in [6.45, 7) is 10.2. The van der Waals surface area contributed by atoms with Crippen molar-refractivity contribution in [1.29, 1.82) is 5.26 Å². The maximum Gasteiger partial charge on any atom is 0.318 e. The van der Waals surface area contributed by atoms with E-state index in [1.807, 2.05) is 13.1 Å². The third-order valence-electron chi connectivity index (χ3n) is 8.13. The van der Waals surface area contributed by atoms with Gasteiger partial charge >= 0.3 is 6.01 Å². The fourth-order valence-electron chi connectivity index (χ4n) is 5.82. The zero-order valence-electron chi connectivity index (χ0n) is 22.6. The lowest BCUT2D eigenvalue weighted by Crippen LogP contribution is -2.55. The molecule has 0 spiro atoms. The number of amides is 1. The van der Waals surface area contributed by atoms with Gasteiger partial charge in [-0.15, -0.1) is 0 Å². The number of hydrogen-bond acceptors (Lipinski definition) is 9. The Bertz CT molecular complexity index is 1280. The molecule has 2 saturated heterocycles. The van der Waals surface area contributed by atoms with Crippen LogP contribution >= 0.6 is 11.6 Å². The maximum atomic E-state index is 12.5. The second-order valence-corrected chi connectivity index (χ2v) is 10.9. The molecule has 5 rings (SSSR count). The van der Waals surface area contributed by atoms with E-state index in [9.17, 15) is 10.1 Å². The first kappa shape index (κ1) is 27.2. The van der Waals surface area contributed by atoms with Crippen LogP contribution in [-0.2, 0) is 17.8 Å². The van der Waals surface area contributed by atoms with Gasteiger partial charge in [0.25, 0.3) is 0 Å². The number of rotatable bonds is 7. The van der Waals surface area contributed by atoms with Crippen LogP contribution in [0.25, 0.3) is 0 Å². The van der Waals surface area contributed by atoms with Gasteiger partial charge in [-0.05, 0) is 51.4 Å². The van der Waals surface area contributed by atoms with Crippen LogP contribution in [0.2, 0.25) is 5.02 Å². The normalized spacial score (nSPS) is 21.4. The molecule has 3 aliphatic rings. The summed E-state index contributed by atoms with van der Waals surface area (Å²) in [6.07, 6.45) is 8.09. The Morgan fingerprint density at radius 3 is 2.82 bits per heavy atom. The fraction of sp³-hybridized carbons (Fsp3) is 0.536. The first-order valence-electron chi connectivity index (χ1n) is 13.5. The molecule has 11 heteroatoms. The van der Waals surface area contributed by atoms with Gasteiger partial charge in [-0.3, -0.25) is 9.78 Å². The van der Waals surface area contributed by atoms with Crippen molar-refractivity contribution in [3.8, 4) is 12.1 Å². The molecular weight excluding hydrogens is 516 g/mol. The predicted octanol–water partition coefficient (Wildman–Crippen LogP) is 2.99. The highest BCUT2D eigenvalue weighted by Crippen LogP contribution is 2.34. The van der Waals surface area contributed by atoms with E-state index in [4.69, 9.17) is 26.3 Å². The molecule has 2 aromatic heterocycles. The van der Waals surface area contributed by atoms with Crippen LogP contribution in [-0.4, -0.2) is 89.1 Å². The zero-order chi connectivity index (χ0) is 27.5. The Hall–Kier alpha value is -3.42. The van der Waals surface area contributed by atoms with E-state index in [1.165, 1.54) is 6.08 Å². The van der Waals surface area contributed by atoms with Crippen molar-refractivity contribution in [2.45, 2.75) is 51.2 Å². The van der Waals surface area contributed by atoms with E-state index in [2.05, 4.69) is 39.4 Å². The highest BCUT2D eigenvalue weighted by molar-refractivity contribution is 6.31. The van der Waals surface area contributed by atoms with Gasteiger partial charge in [-0.1, -0.05) is 18.2 Å². The van der Waals surface area contributed by atoms with Crippen LogP contribution in [0.4, 0.5) is 11.5 Å². The van der Waals surface area contributed by atoms with E-state index in [1.54, 1.807) is 11.1 Å². The Balaban J connectivity index is 1.46. The molecule has 0 saturated carbocycles. The number of aromatic nitrogens is 3.